The van der Waals surface area contributed by atoms with E-state index in [4.69, 9.17) is 10.00 Å². The van der Waals surface area contributed by atoms with E-state index in [1.807, 2.05) is 36.4 Å². The Labute approximate surface area is 171 Å². The molecule has 1 amide bonds. The first-order chi connectivity index (χ1) is 14.6. The van der Waals surface area contributed by atoms with Crippen LogP contribution in [0.15, 0.2) is 79.0 Å². The van der Waals surface area contributed by atoms with Gasteiger partial charge in [0.15, 0.2) is 5.82 Å². The monoisotopic (exact) mass is 398 g/mol. The number of anilines is 1. The molecular weight excluding hydrogens is 383 g/mol. The van der Waals surface area contributed by atoms with E-state index in [2.05, 4.69) is 15.8 Å². The standard InChI is InChI=1S/C23H15FN4O2/c24-21-13-19(30-20-9-10-26-18(12-20)14-25)7-8-22(21)27-28-23(29)17-6-5-15-3-1-2-4-16(15)11-17/h1-13,27H,(H,28,29). The molecule has 0 fully saturated rings. The Balaban J connectivity index is 1.43. The fourth-order valence-corrected chi connectivity index (χ4v) is 2.86. The van der Waals surface area contributed by atoms with Crippen molar-refractivity contribution in [2.45, 2.75) is 0 Å². The van der Waals surface area contributed by atoms with E-state index in [1.165, 1.54) is 24.4 Å². The van der Waals surface area contributed by atoms with Crippen LogP contribution in [0.5, 0.6) is 11.5 Å². The number of hydrazine groups is 1. The van der Waals surface area contributed by atoms with Crippen molar-refractivity contribution in [3.8, 4) is 17.6 Å². The lowest BCUT2D eigenvalue weighted by atomic mass is 10.1. The minimum Gasteiger partial charge on any atom is -0.457 e. The van der Waals surface area contributed by atoms with Gasteiger partial charge in [0.2, 0.25) is 0 Å². The van der Waals surface area contributed by atoms with Crippen molar-refractivity contribution in [2.24, 2.45) is 0 Å². The van der Waals surface area contributed by atoms with Gasteiger partial charge in [-0.1, -0.05) is 30.3 Å². The molecule has 3 aromatic carbocycles. The number of nitriles is 1. The van der Waals surface area contributed by atoms with E-state index in [9.17, 15) is 9.18 Å². The zero-order chi connectivity index (χ0) is 20.9. The van der Waals surface area contributed by atoms with Gasteiger partial charge in [0, 0.05) is 23.9 Å². The van der Waals surface area contributed by atoms with Gasteiger partial charge in [-0.2, -0.15) is 5.26 Å². The number of amides is 1. The minimum atomic E-state index is -0.610. The molecule has 6 nitrogen and oxygen atoms in total. The van der Waals surface area contributed by atoms with E-state index < -0.39 is 5.82 Å². The van der Waals surface area contributed by atoms with Crippen LogP contribution in [0.25, 0.3) is 10.8 Å². The number of hydrogen-bond acceptors (Lipinski definition) is 5. The largest absolute Gasteiger partial charge is 0.457 e. The predicted molar refractivity (Wildman–Crippen MR) is 110 cm³/mol. The Hall–Kier alpha value is -4.44. The summed E-state index contributed by atoms with van der Waals surface area (Å²) in [7, 11) is 0. The average Bonchev–Trinajstić information content (AvgIpc) is 2.78. The van der Waals surface area contributed by atoms with Crippen LogP contribution in [0, 0.1) is 17.1 Å². The third kappa shape index (κ3) is 4.18. The molecule has 30 heavy (non-hydrogen) atoms. The summed E-state index contributed by atoms with van der Waals surface area (Å²) < 4.78 is 19.9. The number of rotatable bonds is 5. The number of pyridine rings is 1. The molecule has 0 unspecified atom stereocenters. The second-order valence-electron chi connectivity index (χ2n) is 6.37. The summed E-state index contributed by atoms with van der Waals surface area (Å²) in [4.78, 5) is 16.2. The molecule has 4 rings (SSSR count). The summed E-state index contributed by atoms with van der Waals surface area (Å²) in [6.07, 6.45) is 1.43. The second-order valence-corrected chi connectivity index (χ2v) is 6.37. The lowest BCUT2D eigenvalue weighted by Gasteiger charge is -2.11. The first-order valence-electron chi connectivity index (χ1n) is 9.01. The van der Waals surface area contributed by atoms with E-state index in [0.29, 0.717) is 11.3 Å². The van der Waals surface area contributed by atoms with Crippen LogP contribution in [-0.2, 0) is 0 Å². The van der Waals surface area contributed by atoms with Crippen LogP contribution in [0.3, 0.4) is 0 Å². The highest BCUT2D eigenvalue weighted by Crippen LogP contribution is 2.25. The zero-order valence-corrected chi connectivity index (χ0v) is 15.6. The topological polar surface area (TPSA) is 87.0 Å². The molecule has 2 N–H and O–H groups in total. The summed E-state index contributed by atoms with van der Waals surface area (Å²) in [6.45, 7) is 0. The number of hydrogen-bond donors (Lipinski definition) is 2. The Morgan fingerprint density at radius 1 is 0.967 bits per heavy atom. The summed E-state index contributed by atoms with van der Waals surface area (Å²) in [5, 5.41) is 10.8. The number of fused-ring (bicyclic) bond motifs is 1. The molecule has 0 aliphatic rings. The van der Waals surface area contributed by atoms with Gasteiger partial charge in [-0.25, -0.2) is 9.37 Å². The minimum absolute atomic E-state index is 0.0870. The SMILES string of the molecule is N#Cc1cc(Oc2ccc(NNC(=O)c3ccc4ccccc4c3)c(F)c2)ccn1. The van der Waals surface area contributed by atoms with Crippen LogP contribution >= 0.6 is 0 Å². The molecule has 1 heterocycles. The molecule has 146 valence electrons. The van der Waals surface area contributed by atoms with Crippen molar-refractivity contribution in [1.82, 2.24) is 10.4 Å². The van der Waals surface area contributed by atoms with Crippen molar-refractivity contribution in [3.63, 3.8) is 0 Å². The number of aromatic nitrogens is 1. The van der Waals surface area contributed by atoms with Crippen LogP contribution in [0.2, 0.25) is 0 Å². The number of nitrogens with zero attached hydrogens (tertiary/aromatic N) is 2. The van der Waals surface area contributed by atoms with Crippen molar-refractivity contribution < 1.29 is 13.9 Å². The molecule has 0 saturated heterocycles. The number of ether oxygens (including phenoxy) is 1. The van der Waals surface area contributed by atoms with Crippen molar-refractivity contribution in [1.29, 1.82) is 5.26 Å². The zero-order valence-electron chi connectivity index (χ0n) is 15.6. The fraction of sp³-hybridized carbons (Fsp3) is 0. The normalized spacial score (nSPS) is 10.3. The Morgan fingerprint density at radius 3 is 2.57 bits per heavy atom. The highest BCUT2D eigenvalue weighted by atomic mass is 19.1. The molecule has 0 bridgehead atoms. The molecule has 0 aliphatic heterocycles. The third-order valence-electron chi connectivity index (χ3n) is 4.34. The molecule has 0 saturated carbocycles. The van der Waals surface area contributed by atoms with Crippen molar-refractivity contribution in [3.05, 3.63) is 96.1 Å². The molecule has 1 aromatic heterocycles. The molecule has 0 radical (unpaired) electrons. The van der Waals surface area contributed by atoms with Gasteiger partial charge in [0.05, 0.1) is 5.69 Å². The van der Waals surface area contributed by atoms with Gasteiger partial charge in [-0.05, 0) is 41.1 Å². The van der Waals surface area contributed by atoms with Gasteiger partial charge >= 0.3 is 0 Å². The van der Waals surface area contributed by atoms with Gasteiger partial charge in [-0.15, -0.1) is 0 Å². The summed E-state index contributed by atoms with van der Waals surface area (Å²) >= 11 is 0. The fourth-order valence-electron chi connectivity index (χ4n) is 2.86. The highest BCUT2D eigenvalue weighted by Gasteiger charge is 2.09. The molecule has 7 heteroatoms. The van der Waals surface area contributed by atoms with Gasteiger partial charge < -0.3 is 4.74 Å². The Bertz CT molecular complexity index is 1280. The number of carbonyl (C=O) groups excluding carboxylic acids is 1. The smallest absolute Gasteiger partial charge is 0.269 e. The predicted octanol–water partition coefficient (Wildman–Crippen LogP) is 4.79. The Morgan fingerprint density at radius 2 is 1.77 bits per heavy atom. The first-order valence-corrected chi connectivity index (χ1v) is 9.01. The van der Waals surface area contributed by atoms with Gasteiger partial charge in [0.25, 0.3) is 5.91 Å². The maximum Gasteiger partial charge on any atom is 0.269 e. The Kier molecular flexibility index (Phi) is 5.22. The number of halogens is 1. The maximum absolute atomic E-state index is 14.4. The van der Waals surface area contributed by atoms with Crippen molar-refractivity contribution >= 4 is 22.4 Å². The first kappa shape index (κ1) is 18.9. The number of nitrogens with one attached hydrogen (secondary N) is 2. The van der Waals surface area contributed by atoms with Gasteiger partial charge in [-0.3, -0.25) is 15.6 Å². The maximum atomic E-state index is 14.4. The lowest BCUT2D eigenvalue weighted by molar-refractivity contribution is 0.0962. The van der Waals surface area contributed by atoms with Crippen LogP contribution in [-0.4, -0.2) is 10.9 Å². The molecular formula is C23H15FN4O2. The molecule has 0 aliphatic carbocycles. The molecule has 0 spiro atoms. The van der Waals surface area contributed by atoms with E-state index in [1.54, 1.807) is 24.3 Å². The van der Waals surface area contributed by atoms with E-state index in [-0.39, 0.29) is 23.0 Å². The summed E-state index contributed by atoms with van der Waals surface area (Å²) in [6, 6.07) is 22.1. The third-order valence-corrected chi connectivity index (χ3v) is 4.34. The number of benzene rings is 3. The van der Waals surface area contributed by atoms with Crippen molar-refractivity contribution in [2.75, 3.05) is 5.43 Å². The highest BCUT2D eigenvalue weighted by molar-refractivity contribution is 5.99. The van der Waals surface area contributed by atoms with Crippen LogP contribution in [0.1, 0.15) is 16.1 Å². The molecule has 4 aromatic rings. The van der Waals surface area contributed by atoms with Crippen LogP contribution < -0.4 is 15.6 Å². The van der Waals surface area contributed by atoms with Gasteiger partial charge in [0.1, 0.15) is 23.3 Å². The van der Waals surface area contributed by atoms with E-state index >= 15 is 0 Å². The second kappa shape index (κ2) is 8.29. The lowest BCUT2D eigenvalue weighted by Crippen LogP contribution is -2.29. The number of carbonyl (C=O) groups is 1. The molecule has 0 atom stereocenters. The van der Waals surface area contributed by atoms with Crippen LogP contribution in [0.4, 0.5) is 10.1 Å². The summed E-state index contributed by atoms with van der Waals surface area (Å²) in [5.74, 6) is -0.387. The quantitative estimate of drug-likeness (QED) is 0.472. The van der Waals surface area contributed by atoms with E-state index in [0.717, 1.165) is 10.8 Å². The summed E-state index contributed by atoms with van der Waals surface area (Å²) in [5.41, 5.74) is 5.81. The average molecular weight is 398 g/mol.